The molecule has 0 saturated carbocycles. The number of rotatable bonds is 6. The van der Waals surface area contributed by atoms with Gasteiger partial charge in [-0.15, -0.1) is 5.10 Å². The fraction of sp³-hybridized carbons (Fsp3) is 0.207. The number of aromatic nitrogens is 6. The van der Waals surface area contributed by atoms with Crippen LogP contribution in [-0.2, 0) is 7.05 Å². The average molecular weight is 505 g/mol. The van der Waals surface area contributed by atoms with E-state index < -0.39 is 0 Å². The summed E-state index contributed by atoms with van der Waals surface area (Å²) in [6.07, 6.45) is 13.2. The maximum absolute atomic E-state index is 14.2. The van der Waals surface area contributed by atoms with Crippen LogP contribution in [0.25, 0.3) is 34.2 Å². The molecule has 2 N–H and O–H groups in total. The van der Waals surface area contributed by atoms with Crippen molar-refractivity contribution in [1.82, 2.24) is 35.5 Å². The molecule has 9 nitrogen and oxygen atoms in total. The van der Waals surface area contributed by atoms with Gasteiger partial charge < -0.3 is 5.32 Å². The highest BCUT2D eigenvalue weighted by Crippen LogP contribution is 2.33. The maximum atomic E-state index is 14.2. The Morgan fingerprint density at radius 2 is 2.03 bits per heavy atom. The van der Waals surface area contributed by atoms with Crippen molar-refractivity contribution in [1.29, 1.82) is 0 Å². The van der Waals surface area contributed by atoms with Gasteiger partial charge in [-0.2, -0.15) is 5.10 Å². The molecule has 190 valence electrons. The molecule has 0 bridgehead atoms. The summed E-state index contributed by atoms with van der Waals surface area (Å²) < 4.78 is 1.66. The second-order valence-corrected chi connectivity index (χ2v) is 9.48. The van der Waals surface area contributed by atoms with Crippen LogP contribution in [0.4, 0.5) is 5.82 Å². The molecule has 9 heteroatoms. The normalized spacial score (nSPS) is 15.8. The summed E-state index contributed by atoms with van der Waals surface area (Å²) in [4.78, 5) is 20.9. The zero-order chi connectivity index (χ0) is 25.9. The minimum Gasteiger partial charge on any atom is -0.315 e. The molecule has 1 aliphatic rings. The van der Waals surface area contributed by atoms with Gasteiger partial charge in [0, 0.05) is 48.1 Å². The smallest absolute Gasteiger partial charge is 0.259 e. The molecule has 0 unspecified atom stereocenters. The summed E-state index contributed by atoms with van der Waals surface area (Å²) in [5.74, 6) is 0.602. The molecular weight excluding hydrogens is 476 g/mol. The molecule has 4 heterocycles. The number of piperidine rings is 1. The number of pyridine rings is 1. The second-order valence-electron chi connectivity index (χ2n) is 9.48. The van der Waals surface area contributed by atoms with Crippen LogP contribution in [-0.4, -0.2) is 55.2 Å². The Labute approximate surface area is 220 Å². The largest absolute Gasteiger partial charge is 0.315 e. The van der Waals surface area contributed by atoms with Crippen molar-refractivity contribution in [2.24, 2.45) is 7.05 Å². The number of hydrogen-bond donors (Lipinski definition) is 2. The standard InChI is InChI=1S/C29H28N8O/c1-36-19-26(34-35-36)21-9-11-24(12-10-21)29(38)37(25-6-3-14-30-18-25)28-27-22(8-7-20-16-32-33-17-20)4-2-5-23(27)13-15-31-28/h2,4-5,7-13,15-17,19,25,30H,3,6,14,18H2,1H3,(H,32,33)/b8-7+/t25-/m1/s1. The first kappa shape index (κ1) is 23.7. The average Bonchev–Trinajstić information content (AvgIpc) is 3.65. The van der Waals surface area contributed by atoms with E-state index in [1.165, 1.54) is 0 Å². The van der Waals surface area contributed by atoms with E-state index in [0.29, 0.717) is 17.9 Å². The number of H-pyrrole nitrogens is 1. The van der Waals surface area contributed by atoms with Crippen LogP contribution in [0.15, 0.2) is 73.3 Å². The Balaban J connectivity index is 1.43. The Morgan fingerprint density at radius 1 is 1.13 bits per heavy atom. The Kier molecular flexibility index (Phi) is 6.49. The van der Waals surface area contributed by atoms with Gasteiger partial charge >= 0.3 is 0 Å². The first-order valence-corrected chi connectivity index (χ1v) is 12.7. The molecule has 0 spiro atoms. The molecule has 5 aromatic rings. The molecule has 1 saturated heterocycles. The van der Waals surface area contributed by atoms with Crippen LogP contribution in [0.5, 0.6) is 0 Å². The summed E-state index contributed by atoms with van der Waals surface area (Å²) >= 11 is 0. The minimum absolute atomic E-state index is 0.0140. The van der Waals surface area contributed by atoms with Crippen molar-refractivity contribution in [2.75, 3.05) is 18.0 Å². The van der Waals surface area contributed by atoms with Gasteiger partial charge in [0.05, 0.1) is 18.4 Å². The van der Waals surface area contributed by atoms with Gasteiger partial charge in [-0.1, -0.05) is 47.7 Å². The predicted octanol–water partition coefficient (Wildman–Crippen LogP) is 4.32. The van der Waals surface area contributed by atoms with Gasteiger partial charge in [0.1, 0.15) is 11.5 Å². The SMILES string of the molecule is Cn1cc(-c2ccc(C(=O)N(c3nccc4cccc(/C=C/c5cn[nH]c5)c34)[C@@H]3CCCNC3)cc2)nn1. The van der Waals surface area contributed by atoms with Crippen LogP contribution in [0.3, 0.4) is 0 Å². The predicted molar refractivity (Wildman–Crippen MR) is 148 cm³/mol. The third-order valence-electron chi connectivity index (χ3n) is 6.89. The summed E-state index contributed by atoms with van der Waals surface area (Å²) in [6.45, 7) is 1.67. The number of fused-ring (bicyclic) bond motifs is 1. The zero-order valence-electron chi connectivity index (χ0n) is 21.1. The monoisotopic (exact) mass is 504 g/mol. The maximum Gasteiger partial charge on any atom is 0.259 e. The van der Waals surface area contributed by atoms with Gasteiger partial charge in [-0.05, 0) is 48.5 Å². The van der Waals surface area contributed by atoms with Crippen LogP contribution < -0.4 is 10.2 Å². The van der Waals surface area contributed by atoms with Crippen molar-refractivity contribution in [3.8, 4) is 11.3 Å². The number of nitrogens with one attached hydrogen (secondary N) is 2. The third-order valence-corrected chi connectivity index (χ3v) is 6.89. The van der Waals surface area contributed by atoms with Crippen molar-refractivity contribution in [3.05, 3.63) is 90.0 Å². The molecule has 1 fully saturated rings. The molecule has 1 aliphatic heterocycles. The fourth-order valence-corrected chi connectivity index (χ4v) is 4.99. The van der Waals surface area contributed by atoms with Gasteiger partial charge in [-0.3, -0.25) is 19.5 Å². The van der Waals surface area contributed by atoms with Crippen molar-refractivity contribution in [3.63, 3.8) is 0 Å². The lowest BCUT2D eigenvalue weighted by molar-refractivity contribution is 0.0972. The van der Waals surface area contributed by atoms with E-state index in [1.54, 1.807) is 17.1 Å². The van der Waals surface area contributed by atoms with E-state index in [1.807, 2.05) is 66.8 Å². The zero-order valence-corrected chi connectivity index (χ0v) is 21.1. The summed E-state index contributed by atoms with van der Waals surface area (Å²) in [5, 5.41) is 20.5. The fourth-order valence-electron chi connectivity index (χ4n) is 4.99. The number of hydrogen-bond acceptors (Lipinski definition) is 6. The van der Waals surface area contributed by atoms with Crippen molar-refractivity contribution >= 4 is 34.6 Å². The number of carbonyl (C=O) groups is 1. The summed E-state index contributed by atoms with van der Waals surface area (Å²) in [7, 11) is 1.83. The topological polar surface area (TPSA) is 105 Å². The molecular formula is C29H28N8O. The van der Waals surface area contributed by atoms with Gasteiger partial charge in [0.15, 0.2) is 0 Å². The van der Waals surface area contributed by atoms with Crippen LogP contribution in [0, 0.1) is 0 Å². The lowest BCUT2D eigenvalue weighted by Gasteiger charge is -2.35. The number of amides is 1. The van der Waals surface area contributed by atoms with E-state index in [0.717, 1.165) is 52.5 Å². The highest BCUT2D eigenvalue weighted by Gasteiger charge is 2.30. The van der Waals surface area contributed by atoms with Crippen molar-refractivity contribution < 1.29 is 4.79 Å². The molecule has 6 rings (SSSR count). The quantitative estimate of drug-likeness (QED) is 0.357. The number of nitrogens with zero attached hydrogens (tertiary/aromatic N) is 6. The molecule has 1 atom stereocenters. The van der Waals surface area contributed by atoms with E-state index in [-0.39, 0.29) is 11.9 Å². The second kappa shape index (κ2) is 10.4. The highest BCUT2D eigenvalue weighted by atomic mass is 16.2. The molecule has 0 aliphatic carbocycles. The van der Waals surface area contributed by atoms with Gasteiger partial charge in [0.2, 0.25) is 0 Å². The number of benzene rings is 2. The van der Waals surface area contributed by atoms with E-state index in [9.17, 15) is 4.79 Å². The third kappa shape index (κ3) is 4.71. The summed E-state index contributed by atoms with van der Waals surface area (Å²) in [6, 6.07) is 15.7. The number of aryl methyl sites for hydroxylation is 1. The molecule has 3 aromatic heterocycles. The van der Waals surface area contributed by atoms with Crippen molar-refractivity contribution in [2.45, 2.75) is 18.9 Å². The molecule has 2 aromatic carbocycles. The van der Waals surface area contributed by atoms with E-state index >= 15 is 0 Å². The number of carbonyl (C=O) groups excluding carboxylic acids is 1. The Hall–Kier alpha value is -4.63. The lowest BCUT2D eigenvalue weighted by atomic mass is 10.00. The number of anilines is 1. The first-order chi connectivity index (χ1) is 18.7. The molecule has 38 heavy (non-hydrogen) atoms. The van der Waals surface area contributed by atoms with Crippen LogP contribution in [0.2, 0.25) is 0 Å². The Morgan fingerprint density at radius 3 is 2.76 bits per heavy atom. The molecule has 0 radical (unpaired) electrons. The number of aromatic amines is 1. The van der Waals surface area contributed by atoms with E-state index in [2.05, 4.69) is 44.0 Å². The van der Waals surface area contributed by atoms with Gasteiger partial charge in [-0.25, -0.2) is 4.98 Å². The van der Waals surface area contributed by atoms with Gasteiger partial charge in [0.25, 0.3) is 5.91 Å². The molecule has 1 amide bonds. The first-order valence-electron chi connectivity index (χ1n) is 12.7. The Bertz CT molecular complexity index is 1580. The van der Waals surface area contributed by atoms with E-state index in [4.69, 9.17) is 4.98 Å². The minimum atomic E-state index is -0.0713. The highest BCUT2D eigenvalue weighted by molar-refractivity contribution is 6.12. The summed E-state index contributed by atoms with van der Waals surface area (Å²) in [5.41, 5.74) is 4.25. The van der Waals surface area contributed by atoms with Crippen LogP contribution >= 0.6 is 0 Å². The van der Waals surface area contributed by atoms with Crippen LogP contribution in [0.1, 0.15) is 34.3 Å². The lowest BCUT2D eigenvalue weighted by Crippen LogP contribution is -2.49.